The van der Waals surface area contributed by atoms with Gasteiger partial charge in [-0.1, -0.05) is 15.9 Å². The van der Waals surface area contributed by atoms with E-state index in [1.165, 1.54) is 6.07 Å². The van der Waals surface area contributed by atoms with Crippen LogP contribution in [0.3, 0.4) is 0 Å². The largest absolute Gasteiger partial charge is 0.384 e. The van der Waals surface area contributed by atoms with Gasteiger partial charge >= 0.3 is 0 Å². The first-order chi connectivity index (χ1) is 8.13. The molecule has 0 spiro atoms. The van der Waals surface area contributed by atoms with E-state index in [0.29, 0.717) is 5.82 Å². The minimum atomic E-state index is -0.219. The molecule has 2 N–H and O–H groups in total. The second-order valence-electron chi connectivity index (χ2n) is 3.87. The van der Waals surface area contributed by atoms with E-state index in [1.807, 2.05) is 18.2 Å². The van der Waals surface area contributed by atoms with E-state index in [2.05, 4.69) is 20.9 Å². The number of halogens is 2. The highest BCUT2D eigenvalue weighted by atomic mass is 79.9. The van der Waals surface area contributed by atoms with Crippen molar-refractivity contribution in [2.45, 2.75) is 12.8 Å². The van der Waals surface area contributed by atoms with Gasteiger partial charge in [-0.25, -0.2) is 9.37 Å². The molecule has 2 rings (SSSR count). The Morgan fingerprint density at radius 2 is 1.88 bits per heavy atom. The van der Waals surface area contributed by atoms with Gasteiger partial charge < -0.3 is 5.73 Å². The van der Waals surface area contributed by atoms with Crippen molar-refractivity contribution in [1.29, 1.82) is 0 Å². The van der Waals surface area contributed by atoms with Gasteiger partial charge in [-0.2, -0.15) is 0 Å². The van der Waals surface area contributed by atoms with Gasteiger partial charge in [0, 0.05) is 10.7 Å². The molecule has 1 aromatic carbocycles. The van der Waals surface area contributed by atoms with E-state index in [9.17, 15) is 4.39 Å². The standard InChI is InChI=1S/C13H12BrFN2/c14-11-5-10(6-12(15)8-11)2-1-9-3-4-17-13(16)7-9/h3-8H,1-2H2,(H2,16,17). The lowest BCUT2D eigenvalue weighted by atomic mass is 10.1. The normalized spacial score (nSPS) is 10.5. The van der Waals surface area contributed by atoms with Gasteiger partial charge in [0.25, 0.3) is 0 Å². The molecule has 0 unspecified atom stereocenters. The smallest absolute Gasteiger partial charge is 0.124 e. The molecule has 1 heterocycles. The molecule has 2 aromatic rings. The molecule has 0 aliphatic rings. The summed E-state index contributed by atoms with van der Waals surface area (Å²) in [6.45, 7) is 0. The number of hydrogen-bond donors (Lipinski definition) is 1. The van der Waals surface area contributed by atoms with Crippen LogP contribution in [0.25, 0.3) is 0 Å². The van der Waals surface area contributed by atoms with Crippen molar-refractivity contribution in [2.75, 3.05) is 5.73 Å². The van der Waals surface area contributed by atoms with Crippen LogP contribution < -0.4 is 5.73 Å². The molecule has 2 nitrogen and oxygen atoms in total. The fourth-order valence-electron chi connectivity index (χ4n) is 1.69. The zero-order chi connectivity index (χ0) is 12.3. The Morgan fingerprint density at radius 3 is 2.59 bits per heavy atom. The molecule has 1 aromatic heterocycles. The fraction of sp³-hybridized carbons (Fsp3) is 0.154. The summed E-state index contributed by atoms with van der Waals surface area (Å²) in [5.74, 6) is 0.298. The molecule has 0 amide bonds. The van der Waals surface area contributed by atoms with Crippen LogP contribution in [0, 0.1) is 5.82 Å². The summed E-state index contributed by atoms with van der Waals surface area (Å²) < 4.78 is 13.9. The third-order valence-corrected chi connectivity index (χ3v) is 2.93. The van der Waals surface area contributed by atoms with Gasteiger partial charge in [0.15, 0.2) is 0 Å². The third-order valence-electron chi connectivity index (χ3n) is 2.47. The second kappa shape index (κ2) is 5.27. The van der Waals surface area contributed by atoms with Crippen molar-refractivity contribution in [3.63, 3.8) is 0 Å². The molecule has 17 heavy (non-hydrogen) atoms. The number of rotatable bonds is 3. The quantitative estimate of drug-likeness (QED) is 0.943. The van der Waals surface area contributed by atoms with Crippen LogP contribution in [-0.2, 0) is 12.8 Å². The molecule has 0 saturated heterocycles. The van der Waals surface area contributed by atoms with Crippen molar-refractivity contribution in [1.82, 2.24) is 4.98 Å². The Bertz CT molecular complexity index is 508. The molecule has 0 atom stereocenters. The van der Waals surface area contributed by atoms with Gasteiger partial charge in [0.05, 0.1) is 0 Å². The minimum Gasteiger partial charge on any atom is -0.384 e. The molecule has 0 bridgehead atoms. The lowest BCUT2D eigenvalue weighted by Gasteiger charge is -2.04. The molecule has 0 radical (unpaired) electrons. The highest BCUT2D eigenvalue weighted by Gasteiger charge is 2.01. The lowest BCUT2D eigenvalue weighted by Crippen LogP contribution is -1.95. The highest BCUT2D eigenvalue weighted by Crippen LogP contribution is 2.16. The predicted octanol–water partition coefficient (Wildman–Crippen LogP) is 3.35. The number of aryl methyl sites for hydroxylation is 2. The van der Waals surface area contributed by atoms with E-state index < -0.39 is 0 Å². The first kappa shape index (κ1) is 12.0. The van der Waals surface area contributed by atoms with Crippen LogP contribution in [-0.4, -0.2) is 4.98 Å². The number of hydrogen-bond acceptors (Lipinski definition) is 2. The summed E-state index contributed by atoms with van der Waals surface area (Å²) in [6.07, 6.45) is 3.29. The van der Waals surface area contributed by atoms with Crippen molar-refractivity contribution in [3.8, 4) is 0 Å². The number of nitrogens with zero attached hydrogens (tertiary/aromatic N) is 1. The first-order valence-electron chi connectivity index (χ1n) is 5.29. The maximum absolute atomic E-state index is 13.2. The van der Waals surface area contributed by atoms with E-state index in [1.54, 1.807) is 12.3 Å². The summed E-state index contributed by atoms with van der Waals surface area (Å²) in [6, 6.07) is 8.69. The molecule has 0 fully saturated rings. The zero-order valence-electron chi connectivity index (χ0n) is 9.16. The van der Waals surface area contributed by atoms with Crippen molar-refractivity contribution in [2.24, 2.45) is 0 Å². The molecular formula is C13H12BrFN2. The second-order valence-corrected chi connectivity index (χ2v) is 4.78. The van der Waals surface area contributed by atoms with Gasteiger partial charge in [-0.3, -0.25) is 0 Å². The Hall–Kier alpha value is -1.42. The van der Waals surface area contributed by atoms with Gasteiger partial charge in [0.1, 0.15) is 11.6 Å². The maximum Gasteiger partial charge on any atom is 0.124 e. The topological polar surface area (TPSA) is 38.9 Å². The van der Waals surface area contributed by atoms with E-state index >= 15 is 0 Å². The van der Waals surface area contributed by atoms with Gasteiger partial charge in [0.2, 0.25) is 0 Å². The summed E-state index contributed by atoms with van der Waals surface area (Å²) in [5.41, 5.74) is 7.67. The summed E-state index contributed by atoms with van der Waals surface area (Å²) in [4.78, 5) is 3.93. The molecule has 4 heteroatoms. The predicted molar refractivity (Wildman–Crippen MR) is 70.2 cm³/mol. The van der Waals surface area contributed by atoms with Crippen molar-refractivity contribution < 1.29 is 4.39 Å². The number of benzene rings is 1. The molecule has 88 valence electrons. The number of anilines is 1. The van der Waals surface area contributed by atoms with Crippen LogP contribution in [0.2, 0.25) is 0 Å². The van der Waals surface area contributed by atoms with Crippen molar-refractivity contribution in [3.05, 3.63) is 57.9 Å². The maximum atomic E-state index is 13.2. The minimum absolute atomic E-state index is 0.219. The number of nitrogen functional groups attached to an aromatic ring is 1. The monoisotopic (exact) mass is 294 g/mol. The summed E-state index contributed by atoms with van der Waals surface area (Å²) >= 11 is 3.28. The SMILES string of the molecule is Nc1cc(CCc2cc(F)cc(Br)c2)ccn1. The average Bonchev–Trinajstić information content (AvgIpc) is 2.25. The molecule has 0 aliphatic carbocycles. The Kier molecular flexibility index (Phi) is 3.74. The molecular weight excluding hydrogens is 283 g/mol. The molecule has 0 saturated carbocycles. The summed E-state index contributed by atoms with van der Waals surface area (Å²) in [7, 11) is 0. The van der Waals surface area contributed by atoms with Gasteiger partial charge in [-0.05, 0) is 54.3 Å². The Morgan fingerprint density at radius 1 is 1.12 bits per heavy atom. The number of nitrogens with two attached hydrogens (primary N) is 1. The molecule has 0 aliphatic heterocycles. The summed E-state index contributed by atoms with van der Waals surface area (Å²) in [5, 5.41) is 0. The van der Waals surface area contributed by atoms with Crippen LogP contribution in [0.15, 0.2) is 41.0 Å². The Balaban J connectivity index is 2.07. The number of pyridine rings is 1. The number of aromatic nitrogens is 1. The zero-order valence-corrected chi connectivity index (χ0v) is 10.7. The third kappa shape index (κ3) is 3.53. The Labute approximate surface area is 108 Å². The lowest BCUT2D eigenvalue weighted by molar-refractivity contribution is 0.624. The van der Waals surface area contributed by atoms with E-state index in [4.69, 9.17) is 5.73 Å². The van der Waals surface area contributed by atoms with E-state index in [-0.39, 0.29) is 5.82 Å². The average molecular weight is 295 g/mol. The van der Waals surface area contributed by atoms with Gasteiger partial charge in [-0.15, -0.1) is 0 Å². The highest BCUT2D eigenvalue weighted by molar-refractivity contribution is 9.10. The fourth-order valence-corrected chi connectivity index (χ4v) is 2.21. The van der Waals surface area contributed by atoms with Crippen LogP contribution in [0.1, 0.15) is 11.1 Å². The van der Waals surface area contributed by atoms with Crippen LogP contribution >= 0.6 is 15.9 Å². The van der Waals surface area contributed by atoms with E-state index in [0.717, 1.165) is 28.4 Å². The van der Waals surface area contributed by atoms with Crippen LogP contribution in [0.5, 0.6) is 0 Å². The first-order valence-corrected chi connectivity index (χ1v) is 6.08. The van der Waals surface area contributed by atoms with Crippen LogP contribution in [0.4, 0.5) is 10.2 Å². The van der Waals surface area contributed by atoms with Crippen molar-refractivity contribution >= 4 is 21.7 Å².